The fourth-order valence-electron chi connectivity index (χ4n) is 3.09. The smallest absolute Gasteiger partial charge is 0.159 e. The molecule has 0 unspecified atom stereocenters. The largest absolute Gasteiger partial charge is 0.256 e. The summed E-state index contributed by atoms with van der Waals surface area (Å²) in [6.45, 7) is 0. The van der Waals surface area contributed by atoms with Crippen LogP contribution in [0.15, 0.2) is 71.3 Å². The molecule has 0 saturated heterocycles. The van der Waals surface area contributed by atoms with Gasteiger partial charge >= 0.3 is 0 Å². The molecule has 26 heavy (non-hydrogen) atoms. The Morgan fingerprint density at radius 2 is 2.08 bits per heavy atom. The van der Waals surface area contributed by atoms with Gasteiger partial charge in [-0.25, -0.2) is 4.68 Å². The Morgan fingerprint density at radius 3 is 3.00 bits per heavy atom. The summed E-state index contributed by atoms with van der Waals surface area (Å²) >= 11 is 1.68. The minimum atomic E-state index is 0.680. The molecule has 3 aromatic heterocycles. The lowest BCUT2D eigenvalue weighted by Crippen LogP contribution is -2.05. The first-order valence-electron chi connectivity index (χ1n) is 8.43. The molecule has 0 N–H and O–H groups in total. The van der Waals surface area contributed by atoms with Gasteiger partial charge in [0.2, 0.25) is 0 Å². The molecule has 126 valence electrons. The molecule has 0 spiro atoms. The predicted molar refractivity (Wildman–Crippen MR) is 104 cm³/mol. The maximum atomic E-state index is 4.82. The molecule has 1 aromatic carbocycles. The third kappa shape index (κ3) is 2.74. The first-order valence-corrected chi connectivity index (χ1v) is 9.31. The van der Waals surface area contributed by atoms with Crippen molar-refractivity contribution in [3.05, 3.63) is 88.3 Å². The topological polar surface area (TPSA) is 56.0 Å². The Hall–Kier alpha value is -3.12. The number of nitrogens with zero attached hydrogens (tertiary/aromatic N) is 5. The molecular weight excluding hydrogens is 342 g/mol. The Labute approximate surface area is 154 Å². The molecule has 0 saturated carbocycles. The van der Waals surface area contributed by atoms with Crippen LogP contribution in [-0.2, 0) is 12.8 Å². The number of hydrogen-bond acceptors (Lipinski definition) is 5. The third-order valence-electron chi connectivity index (χ3n) is 4.36. The summed E-state index contributed by atoms with van der Waals surface area (Å²) in [6.07, 6.45) is 7.38. The summed E-state index contributed by atoms with van der Waals surface area (Å²) in [5.74, 6) is 1.71. The summed E-state index contributed by atoms with van der Waals surface area (Å²) < 4.78 is 1.89. The second-order valence-electron chi connectivity index (χ2n) is 6.12. The maximum absolute atomic E-state index is 4.82. The summed E-state index contributed by atoms with van der Waals surface area (Å²) in [7, 11) is 0. The highest BCUT2D eigenvalue weighted by Gasteiger charge is 2.15. The van der Waals surface area contributed by atoms with Crippen molar-refractivity contribution in [1.82, 2.24) is 19.9 Å². The number of hydrogen-bond donors (Lipinski definition) is 0. The van der Waals surface area contributed by atoms with Gasteiger partial charge in [0.05, 0.1) is 10.4 Å². The van der Waals surface area contributed by atoms with Crippen LogP contribution in [0, 0.1) is 0 Å². The number of rotatable bonds is 3. The molecule has 0 fully saturated rings. The summed E-state index contributed by atoms with van der Waals surface area (Å²) in [4.78, 5) is 5.52. The molecule has 5 nitrogen and oxygen atoms in total. The van der Waals surface area contributed by atoms with Crippen molar-refractivity contribution in [3.63, 3.8) is 0 Å². The molecular formula is C20H15N5S. The molecule has 0 radical (unpaired) electrons. The molecule has 4 aromatic rings. The molecule has 0 amide bonds. The predicted octanol–water partition coefficient (Wildman–Crippen LogP) is 3.84. The summed E-state index contributed by atoms with van der Waals surface area (Å²) in [6, 6.07) is 14.5. The molecule has 5 rings (SSSR count). The monoisotopic (exact) mass is 357 g/mol. The van der Waals surface area contributed by atoms with E-state index in [4.69, 9.17) is 5.10 Å². The number of allylic oxidation sites excluding steroid dienone is 2. The zero-order chi connectivity index (χ0) is 17.3. The quantitative estimate of drug-likeness (QED) is 0.560. The lowest BCUT2D eigenvalue weighted by atomic mass is 10.1. The SMILES string of the molecule is C1=CC(c2cccs2)=Nn2c(nnc2Cc2ccc3ncccc3c2)C1. The van der Waals surface area contributed by atoms with Crippen LogP contribution in [0.3, 0.4) is 0 Å². The second-order valence-corrected chi connectivity index (χ2v) is 7.07. The lowest BCUT2D eigenvalue weighted by Gasteiger charge is -2.05. The van der Waals surface area contributed by atoms with Gasteiger partial charge in [0, 0.05) is 24.4 Å². The van der Waals surface area contributed by atoms with Gasteiger partial charge in [0.25, 0.3) is 0 Å². The number of aromatic nitrogens is 4. The van der Waals surface area contributed by atoms with Gasteiger partial charge < -0.3 is 0 Å². The number of fused-ring (bicyclic) bond motifs is 2. The second kappa shape index (κ2) is 6.31. The maximum Gasteiger partial charge on any atom is 0.159 e. The normalized spacial score (nSPS) is 13.5. The fourth-order valence-corrected chi connectivity index (χ4v) is 3.78. The van der Waals surface area contributed by atoms with Gasteiger partial charge in [-0.05, 0) is 41.3 Å². The highest BCUT2D eigenvalue weighted by molar-refractivity contribution is 7.12. The molecule has 4 heterocycles. The van der Waals surface area contributed by atoms with Gasteiger partial charge in [0.15, 0.2) is 11.6 Å². The van der Waals surface area contributed by atoms with Crippen molar-refractivity contribution in [3.8, 4) is 0 Å². The van der Waals surface area contributed by atoms with E-state index in [1.807, 2.05) is 29.1 Å². The molecule has 1 aliphatic heterocycles. The van der Waals surface area contributed by atoms with E-state index in [1.54, 1.807) is 11.3 Å². The summed E-state index contributed by atoms with van der Waals surface area (Å²) in [5, 5.41) is 16.7. The molecule has 1 aliphatic rings. The zero-order valence-corrected chi connectivity index (χ0v) is 14.7. The van der Waals surface area contributed by atoms with Crippen LogP contribution in [0.25, 0.3) is 10.9 Å². The van der Waals surface area contributed by atoms with Crippen molar-refractivity contribution >= 4 is 28.0 Å². The first-order chi connectivity index (χ1) is 12.9. The van der Waals surface area contributed by atoms with Crippen molar-refractivity contribution in [2.24, 2.45) is 5.10 Å². The van der Waals surface area contributed by atoms with Crippen LogP contribution in [0.2, 0.25) is 0 Å². The van der Waals surface area contributed by atoms with Gasteiger partial charge in [-0.15, -0.1) is 21.5 Å². The van der Waals surface area contributed by atoms with E-state index in [9.17, 15) is 0 Å². The van der Waals surface area contributed by atoms with E-state index in [1.165, 1.54) is 5.56 Å². The van der Waals surface area contributed by atoms with Crippen LogP contribution >= 0.6 is 11.3 Å². The van der Waals surface area contributed by atoms with E-state index >= 15 is 0 Å². The zero-order valence-electron chi connectivity index (χ0n) is 13.9. The number of benzene rings is 1. The first kappa shape index (κ1) is 15.2. The van der Waals surface area contributed by atoms with Crippen LogP contribution in [0.5, 0.6) is 0 Å². The highest BCUT2D eigenvalue weighted by Crippen LogP contribution is 2.19. The average molecular weight is 357 g/mol. The minimum absolute atomic E-state index is 0.680. The Bertz CT molecular complexity index is 1140. The van der Waals surface area contributed by atoms with Gasteiger partial charge in [-0.3, -0.25) is 4.98 Å². The Morgan fingerprint density at radius 1 is 1.08 bits per heavy atom. The van der Waals surface area contributed by atoms with Crippen LogP contribution < -0.4 is 0 Å². The summed E-state index contributed by atoms with van der Waals surface area (Å²) in [5.41, 5.74) is 3.12. The van der Waals surface area contributed by atoms with Crippen LogP contribution in [0.1, 0.15) is 22.1 Å². The van der Waals surface area contributed by atoms with E-state index in [2.05, 4.69) is 57.0 Å². The van der Waals surface area contributed by atoms with Crippen LogP contribution in [0.4, 0.5) is 0 Å². The highest BCUT2D eigenvalue weighted by atomic mass is 32.1. The number of thiophene rings is 1. The van der Waals surface area contributed by atoms with Gasteiger partial charge in [-0.1, -0.05) is 24.3 Å². The lowest BCUT2D eigenvalue weighted by molar-refractivity contribution is 0.762. The van der Waals surface area contributed by atoms with Gasteiger partial charge in [-0.2, -0.15) is 5.10 Å². The van der Waals surface area contributed by atoms with E-state index in [0.29, 0.717) is 6.42 Å². The van der Waals surface area contributed by atoms with Gasteiger partial charge in [0.1, 0.15) is 5.71 Å². The molecule has 0 aliphatic carbocycles. The van der Waals surface area contributed by atoms with Crippen LogP contribution in [-0.4, -0.2) is 25.6 Å². The third-order valence-corrected chi connectivity index (χ3v) is 5.25. The number of pyridine rings is 1. The van der Waals surface area contributed by atoms with E-state index < -0.39 is 0 Å². The van der Waals surface area contributed by atoms with Crippen molar-refractivity contribution < 1.29 is 0 Å². The van der Waals surface area contributed by atoms with E-state index in [0.717, 1.165) is 39.6 Å². The molecule has 0 bridgehead atoms. The molecule has 6 heteroatoms. The fraction of sp³-hybridized carbons (Fsp3) is 0.100. The standard InChI is InChI=1S/C20H15N5S/c1-5-17(18-6-3-11-26-18)24-25-19(7-1)22-23-20(25)13-14-8-9-16-15(12-14)4-2-10-21-16/h1-6,8-12H,7,13H2. The van der Waals surface area contributed by atoms with E-state index in [-0.39, 0.29) is 0 Å². The minimum Gasteiger partial charge on any atom is -0.256 e. The van der Waals surface area contributed by atoms with Crippen molar-refractivity contribution in [2.75, 3.05) is 0 Å². The Balaban J connectivity index is 1.53. The molecule has 0 atom stereocenters. The van der Waals surface area contributed by atoms with Crippen molar-refractivity contribution in [1.29, 1.82) is 0 Å². The van der Waals surface area contributed by atoms with Crippen molar-refractivity contribution in [2.45, 2.75) is 12.8 Å². The Kier molecular flexibility index (Phi) is 3.68. The average Bonchev–Trinajstić information content (AvgIpc) is 3.28.